The zero-order valence-corrected chi connectivity index (χ0v) is 11.3. The number of amides is 1. The number of hydrogen-bond acceptors (Lipinski definition) is 6. The number of nitrogens with two attached hydrogens (primary N) is 1. The molecule has 8 nitrogen and oxygen atoms in total. The Labute approximate surface area is 110 Å². The van der Waals surface area contributed by atoms with Crippen LogP contribution in [0.5, 0.6) is 0 Å². The van der Waals surface area contributed by atoms with Gasteiger partial charge in [-0.1, -0.05) is 0 Å². The molecule has 2 saturated heterocycles. The van der Waals surface area contributed by atoms with E-state index in [1.165, 1.54) is 13.8 Å². The smallest absolute Gasteiger partial charge is 0.328 e. The summed E-state index contributed by atoms with van der Waals surface area (Å²) in [5.41, 5.74) is 5.25. The van der Waals surface area contributed by atoms with Crippen molar-refractivity contribution >= 4 is 21.7 Å². The van der Waals surface area contributed by atoms with Crippen molar-refractivity contribution in [3.05, 3.63) is 0 Å². The van der Waals surface area contributed by atoms with Crippen molar-refractivity contribution < 1.29 is 28.2 Å². The summed E-state index contributed by atoms with van der Waals surface area (Å²) in [6.07, 6.45) is -1.29. The predicted octanol–water partition coefficient (Wildman–Crippen LogP) is -2.25. The minimum absolute atomic E-state index is 0.256. The quantitative estimate of drug-likeness (QED) is 0.499. The van der Waals surface area contributed by atoms with Gasteiger partial charge in [0, 0.05) is 6.54 Å². The Morgan fingerprint density at radius 3 is 2.47 bits per heavy atom. The topological polar surface area (TPSA) is 138 Å². The molecule has 1 unspecified atom stereocenters. The lowest BCUT2D eigenvalue weighted by Gasteiger charge is -2.44. The third-order valence-corrected chi connectivity index (χ3v) is 6.84. The Bertz CT molecular complexity index is 542. The van der Waals surface area contributed by atoms with E-state index in [-0.39, 0.29) is 6.54 Å². The third-order valence-electron chi connectivity index (χ3n) is 4.00. The number of carbonyl (C=O) groups is 2. The third kappa shape index (κ3) is 1.49. The largest absolute Gasteiger partial charge is 0.480 e. The molecule has 0 bridgehead atoms. The number of carboxylic acids is 1. The van der Waals surface area contributed by atoms with Crippen LogP contribution in [0.25, 0.3) is 0 Å². The van der Waals surface area contributed by atoms with Gasteiger partial charge in [0.2, 0.25) is 5.91 Å². The molecule has 0 aromatic heterocycles. The van der Waals surface area contributed by atoms with E-state index in [1.807, 2.05) is 0 Å². The van der Waals surface area contributed by atoms with Gasteiger partial charge >= 0.3 is 5.97 Å². The Balaban J connectivity index is 2.51. The molecule has 2 aliphatic rings. The highest BCUT2D eigenvalue weighted by atomic mass is 32.2. The van der Waals surface area contributed by atoms with Gasteiger partial charge in [-0.3, -0.25) is 4.79 Å². The van der Waals surface area contributed by atoms with E-state index >= 15 is 0 Å². The molecule has 2 rings (SSSR count). The van der Waals surface area contributed by atoms with Crippen LogP contribution in [0.3, 0.4) is 0 Å². The number of β-lactam (4-membered cyclic amide) rings is 1. The minimum atomic E-state index is -3.89. The van der Waals surface area contributed by atoms with E-state index in [0.29, 0.717) is 0 Å². The van der Waals surface area contributed by atoms with E-state index in [0.717, 1.165) is 4.90 Å². The molecule has 0 spiro atoms. The molecule has 4 N–H and O–H groups in total. The number of aliphatic hydroxyl groups excluding tert-OH is 1. The van der Waals surface area contributed by atoms with Crippen LogP contribution in [-0.4, -0.2) is 64.2 Å². The average molecular weight is 292 g/mol. The van der Waals surface area contributed by atoms with E-state index < -0.39 is 49.9 Å². The summed E-state index contributed by atoms with van der Waals surface area (Å²) in [7, 11) is -3.89. The number of carboxylic acid groups (broad SMARTS) is 1. The Morgan fingerprint density at radius 1 is 1.53 bits per heavy atom. The second kappa shape index (κ2) is 3.90. The number of nitrogens with zero attached hydrogens (tertiary/aromatic N) is 1. The summed E-state index contributed by atoms with van der Waals surface area (Å²) in [4.78, 5) is 24.0. The normalized spacial score (nSPS) is 36.5. The predicted molar refractivity (Wildman–Crippen MR) is 63.6 cm³/mol. The van der Waals surface area contributed by atoms with Gasteiger partial charge in [-0.05, 0) is 13.8 Å². The number of aliphatic hydroxyl groups is 1. The monoisotopic (exact) mass is 292 g/mol. The summed E-state index contributed by atoms with van der Waals surface area (Å²) in [5, 5.41) is 17.5. The molecule has 0 radical (unpaired) electrons. The van der Waals surface area contributed by atoms with Gasteiger partial charge in [-0.15, -0.1) is 0 Å². The second-order valence-electron chi connectivity index (χ2n) is 5.35. The molecule has 2 heterocycles. The van der Waals surface area contributed by atoms with Crippen LogP contribution >= 0.6 is 0 Å². The molecule has 19 heavy (non-hydrogen) atoms. The lowest BCUT2D eigenvalue weighted by molar-refractivity contribution is -0.168. The highest BCUT2D eigenvalue weighted by molar-refractivity contribution is 7.93. The molecule has 9 heteroatoms. The second-order valence-corrected chi connectivity index (χ2v) is 7.98. The molecule has 0 aromatic carbocycles. The van der Waals surface area contributed by atoms with Crippen molar-refractivity contribution in [3.63, 3.8) is 0 Å². The molecule has 108 valence electrons. The first-order valence-corrected chi connectivity index (χ1v) is 7.30. The average Bonchev–Trinajstić information content (AvgIpc) is 2.43. The fourth-order valence-corrected chi connectivity index (χ4v) is 5.20. The summed E-state index contributed by atoms with van der Waals surface area (Å²) < 4.78 is 23.1. The number of hydrogen-bond donors (Lipinski definition) is 3. The maximum Gasteiger partial charge on any atom is 0.328 e. The summed E-state index contributed by atoms with van der Waals surface area (Å²) >= 11 is 0. The van der Waals surface area contributed by atoms with Gasteiger partial charge in [0.05, 0.1) is 10.9 Å². The number of aliphatic carboxylic acids is 1. The Hall–Kier alpha value is -1.19. The SMILES string of the molecule is CC1(C)[C@H](C(=O)O)N2C(=O)[C@@H](C(O)CN)[C@H]2S1(=O)=O. The zero-order valence-electron chi connectivity index (χ0n) is 10.5. The molecular weight excluding hydrogens is 276 g/mol. The molecule has 0 saturated carbocycles. The number of carbonyl (C=O) groups excluding carboxylic acids is 1. The molecule has 0 aliphatic carbocycles. The number of sulfone groups is 1. The molecule has 2 aliphatic heterocycles. The van der Waals surface area contributed by atoms with Gasteiger partial charge in [0.25, 0.3) is 0 Å². The van der Waals surface area contributed by atoms with E-state index in [1.54, 1.807) is 0 Å². The highest BCUT2D eigenvalue weighted by Gasteiger charge is 2.73. The van der Waals surface area contributed by atoms with Gasteiger partial charge in [-0.25, -0.2) is 13.2 Å². The highest BCUT2D eigenvalue weighted by Crippen LogP contribution is 2.49. The van der Waals surface area contributed by atoms with Crippen LogP contribution in [-0.2, 0) is 19.4 Å². The van der Waals surface area contributed by atoms with E-state index in [9.17, 15) is 23.1 Å². The van der Waals surface area contributed by atoms with Crippen LogP contribution in [0.4, 0.5) is 0 Å². The Kier molecular flexibility index (Phi) is 2.92. The van der Waals surface area contributed by atoms with Crippen molar-refractivity contribution in [3.8, 4) is 0 Å². The van der Waals surface area contributed by atoms with E-state index in [4.69, 9.17) is 10.8 Å². The van der Waals surface area contributed by atoms with Crippen LogP contribution in [0.2, 0.25) is 0 Å². The van der Waals surface area contributed by atoms with Crippen LogP contribution in [0.15, 0.2) is 0 Å². The van der Waals surface area contributed by atoms with Crippen LogP contribution < -0.4 is 5.73 Å². The van der Waals surface area contributed by atoms with Gasteiger partial charge in [-0.2, -0.15) is 0 Å². The molecule has 0 aromatic rings. The first kappa shape index (κ1) is 14.2. The van der Waals surface area contributed by atoms with E-state index in [2.05, 4.69) is 0 Å². The Morgan fingerprint density at radius 2 is 2.05 bits per heavy atom. The lowest BCUT2D eigenvalue weighted by atomic mass is 9.88. The van der Waals surface area contributed by atoms with Crippen molar-refractivity contribution in [2.75, 3.05) is 6.54 Å². The van der Waals surface area contributed by atoms with Gasteiger partial charge < -0.3 is 20.8 Å². The van der Waals surface area contributed by atoms with Crippen LogP contribution in [0.1, 0.15) is 13.8 Å². The molecular formula is C10H16N2O6S. The zero-order chi connectivity index (χ0) is 14.7. The first-order valence-electron chi connectivity index (χ1n) is 5.75. The summed E-state index contributed by atoms with van der Waals surface area (Å²) in [6.45, 7) is 2.30. The fourth-order valence-electron chi connectivity index (χ4n) is 2.85. The first-order chi connectivity index (χ1) is 8.59. The van der Waals surface area contributed by atoms with Crippen molar-refractivity contribution in [2.24, 2.45) is 11.7 Å². The van der Waals surface area contributed by atoms with Crippen molar-refractivity contribution in [1.82, 2.24) is 4.90 Å². The maximum atomic E-state index is 12.4. The van der Waals surface area contributed by atoms with Crippen LogP contribution in [0, 0.1) is 5.92 Å². The standard InChI is InChI=1S/C10H16N2O6S/c1-10(2)6(9(15)16)12-7(14)5(4(13)3-11)8(12)19(10,17)18/h4-6,8,13H,3,11H2,1-2H3,(H,15,16)/t4?,5-,6+,8-/m1/s1. The lowest BCUT2D eigenvalue weighted by Crippen LogP contribution is -2.67. The van der Waals surface area contributed by atoms with Crippen molar-refractivity contribution in [1.29, 1.82) is 0 Å². The maximum absolute atomic E-state index is 12.4. The van der Waals surface area contributed by atoms with Crippen molar-refractivity contribution in [2.45, 2.75) is 36.1 Å². The molecule has 4 atom stereocenters. The molecule has 2 fully saturated rings. The van der Waals surface area contributed by atoms with Gasteiger partial charge in [0.1, 0.15) is 17.3 Å². The molecule has 1 amide bonds. The number of rotatable bonds is 3. The van der Waals surface area contributed by atoms with Gasteiger partial charge in [0.15, 0.2) is 9.84 Å². The summed E-state index contributed by atoms with van der Waals surface area (Å²) in [5.74, 6) is -3.21. The fraction of sp³-hybridized carbons (Fsp3) is 0.800. The number of fused-ring (bicyclic) bond motifs is 1. The summed E-state index contributed by atoms with van der Waals surface area (Å²) in [6, 6.07) is -1.43. The minimum Gasteiger partial charge on any atom is -0.480 e.